The smallest absolute Gasteiger partial charge is 0.433 e. The molecule has 0 radical (unpaired) electrons. The molecule has 1 aromatic heterocycles. The van der Waals surface area contributed by atoms with Crippen LogP contribution in [0, 0.1) is 5.92 Å². The maximum atomic E-state index is 12.7. The summed E-state index contributed by atoms with van der Waals surface area (Å²) in [6, 6.07) is 8.66. The van der Waals surface area contributed by atoms with Crippen LogP contribution in [0.4, 0.5) is 24.8 Å². The Morgan fingerprint density at radius 1 is 1.28 bits per heavy atom. The van der Waals surface area contributed by atoms with E-state index in [9.17, 15) is 13.2 Å². The van der Waals surface area contributed by atoms with E-state index in [0.717, 1.165) is 43.2 Å². The third-order valence-electron chi connectivity index (χ3n) is 4.21. The summed E-state index contributed by atoms with van der Waals surface area (Å²) in [5, 5.41) is 2.92. The molecule has 1 aliphatic heterocycles. The number of alkyl halides is 3. The summed E-state index contributed by atoms with van der Waals surface area (Å²) in [6.45, 7) is 2.19. The van der Waals surface area contributed by atoms with Gasteiger partial charge < -0.3 is 15.0 Å². The van der Waals surface area contributed by atoms with E-state index in [1.54, 1.807) is 7.11 Å². The van der Waals surface area contributed by atoms with Gasteiger partial charge in [-0.25, -0.2) is 9.97 Å². The largest absolute Gasteiger partial charge is 0.495 e. The lowest BCUT2D eigenvalue weighted by Crippen LogP contribution is -2.23. The summed E-state index contributed by atoms with van der Waals surface area (Å²) in [7, 11) is 1.64. The van der Waals surface area contributed by atoms with Crippen molar-refractivity contribution >= 4 is 11.6 Å². The second-order valence-corrected chi connectivity index (χ2v) is 5.92. The minimum atomic E-state index is -4.46. The number of ether oxygens (including phenoxy) is 1. The molecule has 0 bridgehead atoms. The maximum absolute atomic E-state index is 12.7. The number of hydrogen-bond acceptors (Lipinski definition) is 5. The number of methoxy groups -OCH3 is 1. The zero-order valence-electron chi connectivity index (χ0n) is 13.8. The standard InChI is InChI=1S/C17H19F3N4O/c1-25-14-5-3-2-4-13(14)24-9-7-12(11-24)10-22-16-21-8-6-15(23-16)17(18,19)20/h2-6,8,12H,7,9-11H2,1H3,(H,21,22,23)/t12-/m1/s1. The number of nitrogens with zero attached hydrogens (tertiary/aromatic N) is 3. The summed E-state index contributed by atoms with van der Waals surface area (Å²) in [6.07, 6.45) is -2.41. The molecular weight excluding hydrogens is 333 g/mol. The number of hydrogen-bond donors (Lipinski definition) is 1. The van der Waals surface area contributed by atoms with E-state index in [4.69, 9.17) is 4.74 Å². The third-order valence-corrected chi connectivity index (χ3v) is 4.21. The van der Waals surface area contributed by atoms with Crippen molar-refractivity contribution < 1.29 is 17.9 Å². The average Bonchev–Trinajstić information content (AvgIpc) is 3.08. The van der Waals surface area contributed by atoms with Crippen LogP contribution >= 0.6 is 0 Å². The van der Waals surface area contributed by atoms with Crippen LogP contribution in [0.5, 0.6) is 5.75 Å². The lowest BCUT2D eigenvalue weighted by Gasteiger charge is -2.21. The molecule has 1 atom stereocenters. The van der Waals surface area contributed by atoms with Gasteiger partial charge in [0.1, 0.15) is 11.4 Å². The van der Waals surface area contributed by atoms with Crippen molar-refractivity contribution in [3.63, 3.8) is 0 Å². The van der Waals surface area contributed by atoms with Crippen LogP contribution in [0.25, 0.3) is 0 Å². The molecule has 5 nitrogen and oxygen atoms in total. The van der Waals surface area contributed by atoms with E-state index in [0.29, 0.717) is 12.5 Å². The summed E-state index contributed by atoms with van der Waals surface area (Å²) < 4.78 is 43.4. The number of aromatic nitrogens is 2. The molecule has 2 heterocycles. The van der Waals surface area contributed by atoms with Crippen molar-refractivity contribution in [1.29, 1.82) is 0 Å². The van der Waals surface area contributed by atoms with Gasteiger partial charge >= 0.3 is 6.18 Å². The van der Waals surface area contributed by atoms with E-state index in [1.165, 1.54) is 0 Å². The molecular formula is C17H19F3N4O. The Morgan fingerprint density at radius 3 is 2.84 bits per heavy atom. The van der Waals surface area contributed by atoms with E-state index in [1.807, 2.05) is 24.3 Å². The van der Waals surface area contributed by atoms with Gasteiger partial charge in [0.25, 0.3) is 0 Å². The molecule has 1 N–H and O–H groups in total. The minimum Gasteiger partial charge on any atom is -0.495 e. The molecule has 0 spiro atoms. The Labute approximate surface area is 143 Å². The number of para-hydroxylation sites is 2. The van der Waals surface area contributed by atoms with Gasteiger partial charge in [0, 0.05) is 25.8 Å². The molecule has 8 heteroatoms. The second kappa shape index (κ2) is 7.16. The fourth-order valence-corrected chi connectivity index (χ4v) is 2.95. The highest BCUT2D eigenvalue weighted by Gasteiger charge is 2.33. The molecule has 3 rings (SSSR count). The number of nitrogens with one attached hydrogen (secondary N) is 1. The molecule has 1 aromatic carbocycles. The van der Waals surface area contributed by atoms with Crippen LogP contribution in [0.1, 0.15) is 12.1 Å². The fraction of sp³-hybridized carbons (Fsp3) is 0.412. The first-order valence-electron chi connectivity index (χ1n) is 7.99. The van der Waals surface area contributed by atoms with Crippen LogP contribution in [0.15, 0.2) is 36.5 Å². The van der Waals surface area contributed by atoms with Gasteiger partial charge in [-0.1, -0.05) is 12.1 Å². The first-order chi connectivity index (χ1) is 12.0. The predicted molar refractivity (Wildman–Crippen MR) is 88.8 cm³/mol. The molecule has 1 fully saturated rings. The highest BCUT2D eigenvalue weighted by atomic mass is 19.4. The Hall–Kier alpha value is -2.51. The van der Waals surface area contributed by atoms with Crippen molar-refractivity contribution in [2.75, 3.05) is 37.0 Å². The zero-order chi connectivity index (χ0) is 17.9. The Balaban J connectivity index is 1.59. The average molecular weight is 352 g/mol. The molecule has 1 saturated heterocycles. The number of halogens is 3. The predicted octanol–water partition coefficient (Wildman–Crippen LogP) is 3.44. The van der Waals surface area contributed by atoms with Gasteiger partial charge in [-0.05, 0) is 30.5 Å². The monoisotopic (exact) mass is 352 g/mol. The van der Waals surface area contributed by atoms with Crippen LogP contribution in [-0.2, 0) is 6.18 Å². The van der Waals surface area contributed by atoms with E-state index in [-0.39, 0.29) is 5.95 Å². The highest BCUT2D eigenvalue weighted by Crippen LogP contribution is 2.32. The van der Waals surface area contributed by atoms with E-state index < -0.39 is 11.9 Å². The quantitative estimate of drug-likeness (QED) is 0.893. The lowest BCUT2D eigenvalue weighted by molar-refractivity contribution is -0.141. The van der Waals surface area contributed by atoms with Gasteiger partial charge in [0.05, 0.1) is 12.8 Å². The van der Waals surface area contributed by atoms with Crippen molar-refractivity contribution in [2.24, 2.45) is 5.92 Å². The highest BCUT2D eigenvalue weighted by molar-refractivity contribution is 5.59. The summed E-state index contributed by atoms with van der Waals surface area (Å²) in [5.41, 5.74) is 0.0925. The van der Waals surface area contributed by atoms with Crippen molar-refractivity contribution in [2.45, 2.75) is 12.6 Å². The Morgan fingerprint density at radius 2 is 2.08 bits per heavy atom. The van der Waals surface area contributed by atoms with Crippen LogP contribution in [0.2, 0.25) is 0 Å². The van der Waals surface area contributed by atoms with E-state index >= 15 is 0 Å². The molecule has 134 valence electrons. The van der Waals surface area contributed by atoms with Gasteiger partial charge in [-0.3, -0.25) is 0 Å². The molecule has 25 heavy (non-hydrogen) atoms. The van der Waals surface area contributed by atoms with Gasteiger partial charge in [-0.2, -0.15) is 13.2 Å². The van der Waals surface area contributed by atoms with Crippen molar-refractivity contribution in [3.05, 3.63) is 42.2 Å². The zero-order valence-corrected chi connectivity index (χ0v) is 13.8. The SMILES string of the molecule is COc1ccccc1N1CC[C@H](CNc2nccc(C(F)(F)F)n2)C1. The normalized spacial score (nSPS) is 17.6. The van der Waals surface area contributed by atoms with Crippen LogP contribution in [0.3, 0.4) is 0 Å². The van der Waals surface area contributed by atoms with Crippen LogP contribution < -0.4 is 15.0 Å². The molecule has 0 amide bonds. The maximum Gasteiger partial charge on any atom is 0.433 e. The lowest BCUT2D eigenvalue weighted by atomic mass is 10.1. The molecule has 1 aliphatic rings. The van der Waals surface area contributed by atoms with E-state index in [2.05, 4.69) is 20.2 Å². The Kier molecular flexibility index (Phi) is 4.96. The van der Waals surface area contributed by atoms with Crippen LogP contribution in [-0.4, -0.2) is 36.7 Å². The van der Waals surface area contributed by atoms with Crippen molar-refractivity contribution in [1.82, 2.24) is 9.97 Å². The summed E-state index contributed by atoms with van der Waals surface area (Å²) in [4.78, 5) is 9.61. The molecule has 0 saturated carbocycles. The second-order valence-electron chi connectivity index (χ2n) is 5.92. The van der Waals surface area contributed by atoms with Gasteiger partial charge in [0.2, 0.25) is 5.95 Å². The molecule has 0 aliphatic carbocycles. The topological polar surface area (TPSA) is 50.3 Å². The summed E-state index contributed by atoms with van der Waals surface area (Å²) in [5.74, 6) is 1.12. The molecule has 0 unspecified atom stereocenters. The van der Waals surface area contributed by atoms with Gasteiger partial charge in [-0.15, -0.1) is 0 Å². The summed E-state index contributed by atoms with van der Waals surface area (Å²) >= 11 is 0. The number of benzene rings is 1. The first-order valence-corrected chi connectivity index (χ1v) is 7.99. The fourth-order valence-electron chi connectivity index (χ4n) is 2.95. The molecule has 2 aromatic rings. The van der Waals surface area contributed by atoms with Gasteiger partial charge in [0.15, 0.2) is 0 Å². The number of rotatable bonds is 5. The minimum absolute atomic E-state index is 0.00515. The number of anilines is 2. The van der Waals surface area contributed by atoms with Crippen molar-refractivity contribution in [3.8, 4) is 5.75 Å². The first kappa shape index (κ1) is 17.3. The Bertz CT molecular complexity index is 723. The third kappa shape index (κ3) is 4.12.